The summed E-state index contributed by atoms with van der Waals surface area (Å²) in [6, 6.07) is 14.9. The average Bonchev–Trinajstić information content (AvgIpc) is 3.03. The van der Waals surface area contributed by atoms with E-state index in [4.69, 9.17) is 21.1 Å². The van der Waals surface area contributed by atoms with Gasteiger partial charge in [0, 0.05) is 22.8 Å². The van der Waals surface area contributed by atoms with Gasteiger partial charge in [-0.2, -0.15) is 5.10 Å². The molecule has 0 amide bonds. The topological polar surface area (TPSA) is 70.4 Å². The van der Waals surface area contributed by atoms with Crippen LogP contribution in [0.4, 0.5) is 0 Å². The third-order valence-corrected chi connectivity index (χ3v) is 5.13. The summed E-state index contributed by atoms with van der Waals surface area (Å²) in [5.74, 6) is -0.0721. The van der Waals surface area contributed by atoms with Crippen molar-refractivity contribution < 1.29 is 19.1 Å². The molecule has 6 nitrogen and oxygen atoms in total. The molecule has 0 saturated heterocycles. The lowest BCUT2D eigenvalue weighted by atomic mass is 10.1. The highest BCUT2D eigenvalue weighted by atomic mass is 35.5. The van der Waals surface area contributed by atoms with Crippen LogP contribution in [0.1, 0.15) is 39.7 Å². The summed E-state index contributed by atoms with van der Waals surface area (Å²) in [5, 5.41) is 4.90. The molecular formula is C24H23ClN2O4. The zero-order valence-electron chi connectivity index (χ0n) is 17.6. The molecule has 0 unspecified atom stereocenters. The number of nitrogens with zero attached hydrogens (tertiary/aromatic N) is 2. The minimum Gasteiger partial charge on any atom is -0.496 e. The zero-order valence-corrected chi connectivity index (χ0v) is 18.3. The summed E-state index contributed by atoms with van der Waals surface area (Å²) >= 11 is 6.47. The molecule has 1 heterocycles. The molecule has 3 aromatic rings. The first-order valence-electron chi connectivity index (χ1n) is 9.68. The number of halogens is 1. The van der Waals surface area contributed by atoms with Crippen LogP contribution >= 0.6 is 11.6 Å². The van der Waals surface area contributed by atoms with Gasteiger partial charge in [0.05, 0.1) is 19.3 Å². The van der Waals surface area contributed by atoms with Gasteiger partial charge >= 0.3 is 5.97 Å². The van der Waals surface area contributed by atoms with Crippen LogP contribution in [0.2, 0.25) is 5.15 Å². The molecular weight excluding hydrogens is 416 g/mol. The molecule has 0 aliphatic heterocycles. The van der Waals surface area contributed by atoms with Gasteiger partial charge in [-0.25, -0.2) is 9.48 Å². The van der Waals surface area contributed by atoms with Crippen molar-refractivity contribution in [2.75, 3.05) is 7.11 Å². The van der Waals surface area contributed by atoms with Gasteiger partial charge in [0.2, 0.25) is 0 Å². The van der Waals surface area contributed by atoms with E-state index >= 15 is 0 Å². The highest BCUT2D eigenvalue weighted by Gasteiger charge is 2.13. The number of rotatable bonds is 8. The van der Waals surface area contributed by atoms with E-state index in [9.17, 15) is 9.59 Å². The number of hydrogen-bond acceptors (Lipinski definition) is 5. The molecule has 1 aromatic heterocycles. The summed E-state index contributed by atoms with van der Waals surface area (Å²) in [4.78, 5) is 23.8. The first kappa shape index (κ1) is 22.3. The predicted octanol–water partition coefficient (Wildman–Crippen LogP) is 4.86. The zero-order chi connectivity index (χ0) is 22.4. The molecule has 0 aliphatic rings. The minimum atomic E-state index is -0.540. The molecule has 0 fully saturated rings. The van der Waals surface area contributed by atoms with E-state index in [0.29, 0.717) is 39.8 Å². The first-order valence-corrected chi connectivity index (χ1v) is 10.1. The Morgan fingerprint density at radius 1 is 1.16 bits per heavy atom. The van der Waals surface area contributed by atoms with Gasteiger partial charge < -0.3 is 9.47 Å². The Morgan fingerprint density at radius 2 is 1.90 bits per heavy atom. The van der Waals surface area contributed by atoms with Gasteiger partial charge in [-0.3, -0.25) is 4.79 Å². The Morgan fingerprint density at radius 3 is 2.58 bits per heavy atom. The number of aryl methyl sites for hydroxylation is 1. The number of methoxy groups -OCH3 is 1. The predicted molar refractivity (Wildman–Crippen MR) is 119 cm³/mol. The van der Waals surface area contributed by atoms with Crippen molar-refractivity contribution in [3.63, 3.8) is 0 Å². The van der Waals surface area contributed by atoms with Crippen LogP contribution in [-0.4, -0.2) is 28.6 Å². The molecule has 31 heavy (non-hydrogen) atoms. The lowest BCUT2D eigenvalue weighted by molar-refractivity contribution is -0.138. The van der Waals surface area contributed by atoms with Crippen LogP contribution in [0.25, 0.3) is 6.08 Å². The van der Waals surface area contributed by atoms with Crippen molar-refractivity contribution >= 4 is 29.4 Å². The third-order valence-electron chi connectivity index (χ3n) is 4.73. The van der Waals surface area contributed by atoms with Crippen LogP contribution in [0, 0.1) is 6.92 Å². The summed E-state index contributed by atoms with van der Waals surface area (Å²) in [6.45, 7) is 3.82. The Balaban J connectivity index is 1.68. The Labute approximate surface area is 186 Å². The minimum absolute atomic E-state index is 0.0204. The second-order valence-corrected chi connectivity index (χ2v) is 7.32. The number of Topliss-reactive ketones (excluding diaryl/α,β-unsaturated/α-hetero) is 1. The van der Waals surface area contributed by atoms with Crippen LogP contribution in [0.3, 0.4) is 0 Å². The molecule has 0 saturated carbocycles. The normalized spacial score (nSPS) is 11.0. The van der Waals surface area contributed by atoms with E-state index in [1.165, 1.54) is 20.1 Å². The Hall–Kier alpha value is -3.38. The number of benzene rings is 2. The lowest BCUT2D eigenvalue weighted by Gasteiger charge is -2.09. The van der Waals surface area contributed by atoms with Crippen LogP contribution in [-0.2, 0) is 22.7 Å². The van der Waals surface area contributed by atoms with Crippen molar-refractivity contribution in [3.05, 3.63) is 87.7 Å². The molecule has 2 aromatic carbocycles. The number of carbonyl (C=O) groups excluding carboxylic acids is 2. The van der Waals surface area contributed by atoms with Crippen LogP contribution < -0.4 is 4.74 Å². The van der Waals surface area contributed by atoms with Gasteiger partial charge in [-0.1, -0.05) is 41.9 Å². The molecule has 0 spiro atoms. The molecule has 160 valence electrons. The molecule has 0 radical (unpaired) electrons. The molecule has 3 rings (SSSR count). The Bertz CT molecular complexity index is 1120. The van der Waals surface area contributed by atoms with Crippen molar-refractivity contribution in [3.8, 4) is 5.75 Å². The number of hydrogen-bond donors (Lipinski definition) is 0. The maximum Gasteiger partial charge on any atom is 0.331 e. The van der Waals surface area contributed by atoms with Crippen molar-refractivity contribution in [2.45, 2.75) is 27.0 Å². The monoisotopic (exact) mass is 438 g/mol. The number of ether oxygens (including phenoxy) is 2. The van der Waals surface area contributed by atoms with E-state index in [0.717, 1.165) is 5.56 Å². The van der Waals surface area contributed by atoms with Gasteiger partial charge in [-0.05, 0) is 43.7 Å². The fourth-order valence-corrected chi connectivity index (χ4v) is 3.37. The molecule has 0 bridgehead atoms. The molecule has 0 N–H and O–H groups in total. The fourth-order valence-electron chi connectivity index (χ4n) is 3.08. The van der Waals surface area contributed by atoms with E-state index in [-0.39, 0.29) is 12.4 Å². The summed E-state index contributed by atoms with van der Waals surface area (Å²) in [5.41, 5.74) is 3.58. The molecule has 0 atom stereocenters. The second kappa shape index (κ2) is 10.1. The average molecular weight is 439 g/mol. The quantitative estimate of drug-likeness (QED) is 0.285. The summed E-state index contributed by atoms with van der Waals surface area (Å²) in [6.07, 6.45) is 2.90. The van der Waals surface area contributed by atoms with E-state index in [1.54, 1.807) is 29.0 Å². The maximum atomic E-state index is 12.2. The Kier molecular flexibility index (Phi) is 7.26. The van der Waals surface area contributed by atoms with Gasteiger partial charge in [-0.15, -0.1) is 0 Å². The number of ketones is 1. The largest absolute Gasteiger partial charge is 0.496 e. The molecule has 7 heteroatoms. The van der Waals surface area contributed by atoms with E-state index in [1.807, 2.05) is 37.3 Å². The van der Waals surface area contributed by atoms with Crippen molar-refractivity contribution in [2.24, 2.45) is 0 Å². The van der Waals surface area contributed by atoms with Gasteiger partial charge in [0.15, 0.2) is 5.78 Å². The smallest absolute Gasteiger partial charge is 0.331 e. The van der Waals surface area contributed by atoms with Crippen molar-refractivity contribution in [1.29, 1.82) is 0 Å². The highest BCUT2D eigenvalue weighted by Crippen LogP contribution is 2.23. The standard InChI is InChI=1S/C24H23ClN2O4/c1-16-21(24(25)27(26-16)14-18-7-5-4-6-8-18)10-12-23(29)31-15-20-13-19(17(2)28)9-11-22(20)30-3/h4-13H,14-15H2,1-3H3. The number of aromatic nitrogens is 2. The van der Waals surface area contributed by atoms with Crippen LogP contribution in [0.5, 0.6) is 5.75 Å². The van der Waals surface area contributed by atoms with Gasteiger partial charge in [0.1, 0.15) is 17.5 Å². The lowest BCUT2D eigenvalue weighted by Crippen LogP contribution is -2.04. The van der Waals surface area contributed by atoms with E-state index < -0.39 is 5.97 Å². The third kappa shape index (κ3) is 5.61. The fraction of sp³-hybridized carbons (Fsp3) is 0.208. The van der Waals surface area contributed by atoms with Crippen LogP contribution in [0.15, 0.2) is 54.6 Å². The number of carbonyl (C=O) groups is 2. The van der Waals surface area contributed by atoms with Gasteiger partial charge in [0.25, 0.3) is 0 Å². The summed E-state index contributed by atoms with van der Waals surface area (Å²) < 4.78 is 12.3. The maximum absolute atomic E-state index is 12.2. The summed E-state index contributed by atoms with van der Waals surface area (Å²) in [7, 11) is 1.52. The SMILES string of the molecule is COc1ccc(C(C)=O)cc1COC(=O)C=Cc1c(C)nn(Cc2ccccc2)c1Cl. The second-order valence-electron chi connectivity index (χ2n) is 6.96. The first-order chi connectivity index (χ1) is 14.9. The van der Waals surface area contributed by atoms with E-state index in [2.05, 4.69) is 5.10 Å². The highest BCUT2D eigenvalue weighted by molar-refractivity contribution is 6.31. The van der Waals surface area contributed by atoms with Crippen molar-refractivity contribution in [1.82, 2.24) is 9.78 Å². The number of esters is 1. The molecule has 0 aliphatic carbocycles.